The number of halogens is 2. The first-order valence-corrected chi connectivity index (χ1v) is 14.0. The summed E-state index contributed by atoms with van der Waals surface area (Å²) in [6, 6.07) is 25.6. The Morgan fingerprint density at radius 3 is 2.43 bits per heavy atom. The van der Waals surface area contributed by atoms with Crippen LogP contribution in [0.4, 0.5) is 26.1 Å². The molecule has 0 radical (unpaired) electrons. The molecule has 44 heavy (non-hydrogen) atoms. The van der Waals surface area contributed by atoms with Gasteiger partial charge in [-0.25, -0.2) is 23.7 Å². The van der Waals surface area contributed by atoms with Gasteiger partial charge in [0.05, 0.1) is 17.1 Å². The van der Waals surface area contributed by atoms with Gasteiger partial charge in [-0.05, 0) is 80.7 Å². The fourth-order valence-corrected chi connectivity index (χ4v) is 4.86. The molecule has 0 saturated carbocycles. The normalized spacial score (nSPS) is 11.2. The molecule has 10 heteroatoms. The van der Waals surface area contributed by atoms with Crippen LogP contribution in [0.1, 0.15) is 15.9 Å². The van der Waals surface area contributed by atoms with Crippen molar-refractivity contribution in [1.82, 2.24) is 24.3 Å². The van der Waals surface area contributed by atoms with Crippen LogP contribution in [0.15, 0.2) is 103 Å². The largest absolute Gasteiger partial charge is 0.324 e. The number of anilines is 3. The van der Waals surface area contributed by atoms with E-state index in [0.29, 0.717) is 34.2 Å². The third-order valence-electron chi connectivity index (χ3n) is 7.00. The smallest absolute Gasteiger partial charge is 0.255 e. The lowest BCUT2D eigenvalue weighted by atomic mass is 10.1. The molecule has 2 N–H and O–H groups in total. The quantitative estimate of drug-likeness (QED) is 0.192. The average molecular weight is 590 g/mol. The molecule has 0 fully saturated rings. The van der Waals surface area contributed by atoms with Crippen LogP contribution >= 0.6 is 0 Å². The summed E-state index contributed by atoms with van der Waals surface area (Å²) in [6.45, 7) is 0.974. The van der Waals surface area contributed by atoms with E-state index in [-0.39, 0.29) is 5.56 Å². The van der Waals surface area contributed by atoms with Crippen LogP contribution in [0.3, 0.4) is 0 Å². The van der Waals surface area contributed by atoms with Gasteiger partial charge in [0, 0.05) is 47.5 Å². The monoisotopic (exact) mass is 589 g/mol. The number of pyridine rings is 1. The number of hydrogen-bond donors (Lipinski definition) is 2. The van der Waals surface area contributed by atoms with Gasteiger partial charge in [0.25, 0.3) is 5.91 Å². The molecule has 3 aromatic carbocycles. The third-order valence-corrected chi connectivity index (χ3v) is 7.00. The zero-order valence-electron chi connectivity index (χ0n) is 24.1. The highest BCUT2D eigenvalue weighted by atomic mass is 19.1. The SMILES string of the molecule is CN(C)CCc1ccc(Nc2nccc(-c3c(-c4cccc(NC(=O)c5cc(F)cc(F)c5)c4)nc4ccccn34)n2)cc1. The van der Waals surface area contributed by atoms with Crippen LogP contribution < -0.4 is 10.6 Å². The highest BCUT2D eigenvalue weighted by Gasteiger charge is 2.19. The molecule has 220 valence electrons. The molecule has 3 aromatic heterocycles. The minimum Gasteiger partial charge on any atom is -0.324 e. The number of likely N-dealkylation sites (N-methyl/N-ethyl adjacent to an activating group) is 1. The molecule has 0 saturated heterocycles. The van der Waals surface area contributed by atoms with E-state index in [9.17, 15) is 13.6 Å². The second-order valence-electron chi connectivity index (χ2n) is 10.6. The van der Waals surface area contributed by atoms with Gasteiger partial charge in [0.2, 0.25) is 5.95 Å². The Bertz CT molecular complexity index is 1930. The Labute approximate surface area is 253 Å². The number of nitrogens with zero attached hydrogens (tertiary/aromatic N) is 5. The summed E-state index contributed by atoms with van der Waals surface area (Å²) in [6.07, 6.45) is 4.56. The number of carbonyl (C=O) groups is 1. The Balaban J connectivity index is 1.31. The number of nitrogens with one attached hydrogen (secondary N) is 2. The van der Waals surface area contributed by atoms with Crippen molar-refractivity contribution < 1.29 is 13.6 Å². The molecule has 6 rings (SSSR count). The van der Waals surface area contributed by atoms with Crippen LogP contribution in [0.25, 0.3) is 28.3 Å². The second kappa shape index (κ2) is 12.4. The van der Waals surface area contributed by atoms with E-state index in [1.807, 2.05) is 53.1 Å². The molecule has 8 nitrogen and oxygen atoms in total. The lowest BCUT2D eigenvalue weighted by Gasteiger charge is -2.11. The van der Waals surface area contributed by atoms with Crippen molar-refractivity contribution in [3.63, 3.8) is 0 Å². The standard InChI is InChI=1S/C34H29F2N7O/c1-42(2)17-14-22-9-11-27(12-10-22)39-34-37-15-13-29(40-34)32-31(41-30-8-3-4-16-43(30)32)23-6-5-7-28(20-23)38-33(44)24-18-25(35)21-26(36)19-24/h3-13,15-16,18-21H,14,17H2,1-2H3,(H,38,44)(H,37,39,40). The fourth-order valence-electron chi connectivity index (χ4n) is 4.86. The van der Waals surface area contributed by atoms with Gasteiger partial charge in [-0.3, -0.25) is 9.20 Å². The first-order chi connectivity index (χ1) is 21.3. The number of imidazole rings is 1. The molecule has 0 spiro atoms. The molecule has 3 heterocycles. The topological polar surface area (TPSA) is 87.5 Å². The lowest BCUT2D eigenvalue weighted by Crippen LogP contribution is -2.14. The molecule has 0 aliphatic rings. The molecule has 0 aliphatic heterocycles. The van der Waals surface area contributed by atoms with Crippen molar-refractivity contribution in [2.75, 3.05) is 31.3 Å². The van der Waals surface area contributed by atoms with Gasteiger partial charge in [0.15, 0.2) is 0 Å². The molecule has 0 aliphatic carbocycles. The summed E-state index contributed by atoms with van der Waals surface area (Å²) in [5.41, 5.74) is 5.89. The highest BCUT2D eigenvalue weighted by molar-refractivity contribution is 6.04. The minimum absolute atomic E-state index is 0.120. The summed E-state index contributed by atoms with van der Waals surface area (Å²) in [4.78, 5) is 29.1. The Kier molecular flexibility index (Phi) is 8.07. The second-order valence-corrected chi connectivity index (χ2v) is 10.6. The number of fused-ring (bicyclic) bond motifs is 1. The molecular formula is C34H29F2N7O. The minimum atomic E-state index is -0.825. The molecule has 6 aromatic rings. The third kappa shape index (κ3) is 6.45. The maximum absolute atomic E-state index is 13.7. The Hall–Kier alpha value is -5.48. The van der Waals surface area contributed by atoms with E-state index in [2.05, 4.69) is 46.7 Å². The van der Waals surface area contributed by atoms with Gasteiger partial charge in [-0.15, -0.1) is 0 Å². The first kappa shape index (κ1) is 28.6. The summed E-state index contributed by atoms with van der Waals surface area (Å²) in [7, 11) is 4.12. The van der Waals surface area contributed by atoms with Crippen LogP contribution in [0.5, 0.6) is 0 Å². The van der Waals surface area contributed by atoms with Crippen LogP contribution in [-0.2, 0) is 6.42 Å². The van der Waals surface area contributed by atoms with Crippen LogP contribution in [-0.4, -0.2) is 50.8 Å². The maximum atomic E-state index is 13.7. The van der Waals surface area contributed by atoms with Crippen molar-refractivity contribution in [3.8, 4) is 22.6 Å². The van der Waals surface area contributed by atoms with Crippen molar-refractivity contribution in [3.05, 3.63) is 126 Å². The summed E-state index contributed by atoms with van der Waals surface area (Å²) in [5.74, 6) is -1.85. The number of aromatic nitrogens is 4. The number of hydrogen-bond acceptors (Lipinski definition) is 6. The average Bonchev–Trinajstić information content (AvgIpc) is 3.40. The van der Waals surface area contributed by atoms with Gasteiger partial charge in [-0.2, -0.15) is 0 Å². The lowest BCUT2D eigenvalue weighted by molar-refractivity contribution is 0.102. The van der Waals surface area contributed by atoms with E-state index >= 15 is 0 Å². The predicted octanol–water partition coefficient (Wildman–Crippen LogP) is 6.84. The zero-order valence-corrected chi connectivity index (χ0v) is 24.1. The van der Waals surface area contributed by atoms with Crippen molar-refractivity contribution >= 4 is 28.9 Å². The molecule has 1 amide bonds. The predicted molar refractivity (Wildman–Crippen MR) is 168 cm³/mol. The number of rotatable bonds is 9. The van der Waals surface area contributed by atoms with E-state index in [4.69, 9.17) is 9.97 Å². The van der Waals surface area contributed by atoms with Gasteiger partial charge < -0.3 is 15.5 Å². The van der Waals surface area contributed by atoms with E-state index in [1.54, 1.807) is 24.4 Å². The molecule has 0 atom stereocenters. The maximum Gasteiger partial charge on any atom is 0.255 e. The summed E-state index contributed by atoms with van der Waals surface area (Å²) in [5, 5.41) is 6.02. The van der Waals surface area contributed by atoms with E-state index < -0.39 is 17.5 Å². The highest BCUT2D eigenvalue weighted by Crippen LogP contribution is 2.33. The molecule has 0 bridgehead atoms. The van der Waals surface area contributed by atoms with Crippen LogP contribution in [0.2, 0.25) is 0 Å². The van der Waals surface area contributed by atoms with Crippen molar-refractivity contribution in [1.29, 1.82) is 0 Å². The number of benzene rings is 3. The Morgan fingerprint density at radius 1 is 0.864 bits per heavy atom. The van der Waals surface area contributed by atoms with Gasteiger partial charge in [-0.1, -0.05) is 30.3 Å². The zero-order chi connectivity index (χ0) is 30.6. The van der Waals surface area contributed by atoms with Crippen molar-refractivity contribution in [2.45, 2.75) is 6.42 Å². The summed E-state index contributed by atoms with van der Waals surface area (Å²) < 4.78 is 29.3. The number of carbonyl (C=O) groups excluding carboxylic acids is 1. The fraction of sp³-hybridized carbons (Fsp3) is 0.118. The first-order valence-electron chi connectivity index (χ1n) is 14.0. The molecular weight excluding hydrogens is 560 g/mol. The van der Waals surface area contributed by atoms with E-state index in [0.717, 1.165) is 42.5 Å². The molecule has 0 unspecified atom stereocenters. The van der Waals surface area contributed by atoms with Crippen molar-refractivity contribution in [2.24, 2.45) is 0 Å². The summed E-state index contributed by atoms with van der Waals surface area (Å²) >= 11 is 0. The van der Waals surface area contributed by atoms with Gasteiger partial charge >= 0.3 is 0 Å². The number of amides is 1. The Morgan fingerprint density at radius 2 is 1.66 bits per heavy atom. The van der Waals surface area contributed by atoms with Crippen LogP contribution in [0, 0.1) is 11.6 Å². The van der Waals surface area contributed by atoms with E-state index in [1.165, 1.54) is 5.56 Å². The van der Waals surface area contributed by atoms with Gasteiger partial charge in [0.1, 0.15) is 17.3 Å².